The largest absolute Gasteiger partial charge is 0.481 e. The molecular weight excluding hydrogens is 202 g/mol. The zero-order valence-corrected chi connectivity index (χ0v) is 9.57. The number of carboxylic acids is 1. The monoisotopic (exact) mass is 219 g/mol. The number of nitrogens with zero attached hydrogens (tertiary/aromatic N) is 1. The first kappa shape index (κ1) is 11.1. The van der Waals surface area contributed by atoms with Crippen LogP contribution >= 0.6 is 0 Å². The van der Waals surface area contributed by atoms with Crippen LogP contribution in [0.4, 0.5) is 0 Å². The fourth-order valence-electron chi connectivity index (χ4n) is 2.16. The van der Waals surface area contributed by atoms with E-state index in [9.17, 15) is 4.79 Å². The normalized spacial score (nSPS) is 15.8. The molecule has 0 spiro atoms. The predicted molar refractivity (Wildman–Crippen MR) is 62.4 cm³/mol. The smallest absolute Gasteiger partial charge is 0.303 e. The first-order chi connectivity index (χ1) is 7.65. The molecular formula is C13H17NO2. The second-order valence-corrected chi connectivity index (χ2v) is 4.48. The van der Waals surface area contributed by atoms with E-state index in [4.69, 9.17) is 5.11 Å². The molecule has 0 amide bonds. The first-order valence-electron chi connectivity index (χ1n) is 5.66. The summed E-state index contributed by atoms with van der Waals surface area (Å²) < 4.78 is 0. The van der Waals surface area contributed by atoms with Gasteiger partial charge >= 0.3 is 5.97 Å². The van der Waals surface area contributed by atoms with Crippen molar-refractivity contribution in [1.82, 2.24) is 4.90 Å². The highest BCUT2D eigenvalue weighted by Crippen LogP contribution is 2.20. The molecule has 0 aliphatic carbocycles. The summed E-state index contributed by atoms with van der Waals surface area (Å²) >= 11 is 0. The molecule has 1 aliphatic rings. The van der Waals surface area contributed by atoms with Crippen LogP contribution in [0, 0.1) is 0 Å². The van der Waals surface area contributed by atoms with Crippen molar-refractivity contribution in [2.45, 2.75) is 25.8 Å². The molecule has 0 radical (unpaired) electrons. The summed E-state index contributed by atoms with van der Waals surface area (Å²) in [6, 6.07) is 6.38. The molecule has 1 heterocycles. The van der Waals surface area contributed by atoms with Gasteiger partial charge in [-0.25, -0.2) is 0 Å². The van der Waals surface area contributed by atoms with E-state index in [-0.39, 0.29) is 6.42 Å². The highest BCUT2D eigenvalue weighted by Gasteiger charge is 2.13. The second kappa shape index (κ2) is 4.66. The van der Waals surface area contributed by atoms with Crippen LogP contribution in [-0.4, -0.2) is 29.6 Å². The number of benzene rings is 1. The molecule has 0 aromatic heterocycles. The highest BCUT2D eigenvalue weighted by molar-refractivity contribution is 5.67. The number of likely N-dealkylation sites (N-methyl/N-ethyl adjacent to an activating group) is 1. The Morgan fingerprint density at radius 1 is 1.44 bits per heavy atom. The number of aliphatic carboxylic acids is 1. The Bertz CT molecular complexity index is 401. The van der Waals surface area contributed by atoms with Gasteiger partial charge in [0.25, 0.3) is 0 Å². The van der Waals surface area contributed by atoms with E-state index in [0.29, 0.717) is 6.42 Å². The molecule has 1 aliphatic heterocycles. The summed E-state index contributed by atoms with van der Waals surface area (Å²) in [5.41, 5.74) is 3.91. The van der Waals surface area contributed by atoms with Crippen LogP contribution < -0.4 is 0 Å². The van der Waals surface area contributed by atoms with Crippen molar-refractivity contribution in [3.05, 3.63) is 34.9 Å². The Labute approximate surface area is 95.7 Å². The van der Waals surface area contributed by atoms with Gasteiger partial charge in [0.2, 0.25) is 0 Å². The van der Waals surface area contributed by atoms with Crippen molar-refractivity contribution < 1.29 is 9.90 Å². The van der Waals surface area contributed by atoms with E-state index in [2.05, 4.69) is 30.1 Å². The molecule has 3 nitrogen and oxygen atoms in total. The molecule has 1 N–H and O–H groups in total. The van der Waals surface area contributed by atoms with Gasteiger partial charge in [-0.15, -0.1) is 0 Å². The van der Waals surface area contributed by atoms with Crippen LogP contribution in [0.2, 0.25) is 0 Å². The van der Waals surface area contributed by atoms with E-state index in [1.165, 1.54) is 11.1 Å². The Hall–Kier alpha value is -1.35. The van der Waals surface area contributed by atoms with E-state index in [0.717, 1.165) is 25.1 Å². The third kappa shape index (κ3) is 2.61. The average Bonchev–Trinajstić information content (AvgIpc) is 2.25. The van der Waals surface area contributed by atoms with E-state index < -0.39 is 5.97 Å². The number of hydrogen-bond donors (Lipinski definition) is 1. The molecule has 0 bridgehead atoms. The zero-order valence-electron chi connectivity index (χ0n) is 9.57. The van der Waals surface area contributed by atoms with E-state index >= 15 is 0 Å². The standard InChI is InChI=1S/C13H17NO2/c1-14-7-6-11-4-2-10(3-5-13(15)16)8-12(11)9-14/h2,4,8H,3,5-7,9H2,1H3,(H,15,16). The van der Waals surface area contributed by atoms with Crippen molar-refractivity contribution >= 4 is 5.97 Å². The third-order valence-corrected chi connectivity index (χ3v) is 3.10. The molecule has 1 aromatic rings. The molecule has 86 valence electrons. The Balaban J connectivity index is 2.11. The Morgan fingerprint density at radius 3 is 3.00 bits per heavy atom. The van der Waals surface area contributed by atoms with Gasteiger partial charge in [0, 0.05) is 19.5 Å². The first-order valence-corrected chi connectivity index (χ1v) is 5.66. The minimum atomic E-state index is -0.727. The van der Waals surface area contributed by atoms with Crippen molar-refractivity contribution in [3.8, 4) is 0 Å². The Kier molecular flexibility index (Phi) is 3.25. The maximum absolute atomic E-state index is 10.5. The lowest BCUT2D eigenvalue weighted by molar-refractivity contribution is -0.136. The van der Waals surface area contributed by atoms with Gasteiger partial charge in [-0.2, -0.15) is 0 Å². The third-order valence-electron chi connectivity index (χ3n) is 3.10. The van der Waals surface area contributed by atoms with Crippen LogP contribution in [0.3, 0.4) is 0 Å². The molecule has 0 unspecified atom stereocenters. The number of rotatable bonds is 3. The number of hydrogen-bond acceptors (Lipinski definition) is 2. The minimum absolute atomic E-state index is 0.217. The van der Waals surface area contributed by atoms with Crippen LogP contribution in [-0.2, 0) is 24.2 Å². The van der Waals surface area contributed by atoms with E-state index in [1.807, 2.05) is 0 Å². The van der Waals surface area contributed by atoms with Crippen molar-refractivity contribution in [3.63, 3.8) is 0 Å². The lowest BCUT2D eigenvalue weighted by Gasteiger charge is -2.25. The van der Waals surface area contributed by atoms with Gasteiger partial charge in [-0.1, -0.05) is 18.2 Å². The lowest BCUT2D eigenvalue weighted by Crippen LogP contribution is -2.26. The zero-order chi connectivity index (χ0) is 11.5. The van der Waals surface area contributed by atoms with Gasteiger partial charge in [0.1, 0.15) is 0 Å². The summed E-state index contributed by atoms with van der Waals surface area (Å²) in [5.74, 6) is -0.727. The number of carbonyl (C=O) groups is 1. The molecule has 0 atom stereocenters. The fraction of sp³-hybridized carbons (Fsp3) is 0.462. The van der Waals surface area contributed by atoms with Crippen LogP contribution in [0.25, 0.3) is 0 Å². The van der Waals surface area contributed by atoms with Gasteiger partial charge in [-0.05, 0) is 36.6 Å². The maximum atomic E-state index is 10.5. The Morgan fingerprint density at radius 2 is 2.25 bits per heavy atom. The summed E-state index contributed by atoms with van der Waals surface area (Å²) in [4.78, 5) is 12.8. The molecule has 16 heavy (non-hydrogen) atoms. The number of aryl methyl sites for hydroxylation is 1. The molecule has 0 saturated heterocycles. The highest BCUT2D eigenvalue weighted by atomic mass is 16.4. The van der Waals surface area contributed by atoms with Crippen LogP contribution in [0.5, 0.6) is 0 Å². The summed E-state index contributed by atoms with van der Waals surface area (Å²) in [7, 11) is 2.12. The molecule has 2 rings (SSSR count). The van der Waals surface area contributed by atoms with Crippen LogP contribution in [0.1, 0.15) is 23.1 Å². The van der Waals surface area contributed by atoms with Crippen molar-refractivity contribution in [1.29, 1.82) is 0 Å². The van der Waals surface area contributed by atoms with Gasteiger partial charge in [-0.3, -0.25) is 4.79 Å². The van der Waals surface area contributed by atoms with E-state index in [1.54, 1.807) is 0 Å². The fourth-order valence-corrected chi connectivity index (χ4v) is 2.16. The number of fused-ring (bicyclic) bond motifs is 1. The summed E-state index contributed by atoms with van der Waals surface area (Å²) in [6.07, 6.45) is 1.95. The minimum Gasteiger partial charge on any atom is -0.481 e. The summed E-state index contributed by atoms with van der Waals surface area (Å²) in [5, 5.41) is 8.65. The van der Waals surface area contributed by atoms with Gasteiger partial charge < -0.3 is 10.0 Å². The van der Waals surface area contributed by atoms with Crippen molar-refractivity contribution in [2.24, 2.45) is 0 Å². The lowest BCUT2D eigenvalue weighted by atomic mass is 9.96. The van der Waals surface area contributed by atoms with Crippen LogP contribution in [0.15, 0.2) is 18.2 Å². The van der Waals surface area contributed by atoms with Crippen molar-refractivity contribution in [2.75, 3.05) is 13.6 Å². The molecule has 1 aromatic carbocycles. The SMILES string of the molecule is CN1CCc2ccc(CCC(=O)O)cc2C1. The van der Waals surface area contributed by atoms with Gasteiger partial charge in [0.15, 0.2) is 0 Å². The quantitative estimate of drug-likeness (QED) is 0.841. The molecule has 0 fully saturated rings. The summed E-state index contributed by atoms with van der Waals surface area (Å²) in [6.45, 7) is 2.09. The maximum Gasteiger partial charge on any atom is 0.303 e. The molecule has 0 saturated carbocycles. The molecule has 3 heteroatoms. The average molecular weight is 219 g/mol. The predicted octanol–water partition coefficient (Wildman–Crippen LogP) is 1.69. The second-order valence-electron chi connectivity index (χ2n) is 4.48. The topological polar surface area (TPSA) is 40.5 Å². The van der Waals surface area contributed by atoms with Gasteiger partial charge in [0.05, 0.1) is 0 Å². The number of carboxylic acid groups (broad SMARTS) is 1.